The van der Waals surface area contributed by atoms with E-state index in [1.807, 2.05) is 6.07 Å². The molecule has 0 radical (unpaired) electrons. The summed E-state index contributed by atoms with van der Waals surface area (Å²) in [6, 6.07) is 17.1. The van der Waals surface area contributed by atoms with Crippen LogP contribution >= 0.6 is 34.8 Å². The lowest BCUT2D eigenvalue weighted by atomic mass is 10.1. The van der Waals surface area contributed by atoms with Gasteiger partial charge in [0.15, 0.2) is 0 Å². The number of rotatable bonds is 8. The van der Waals surface area contributed by atoms with Gasteiger partial charge in [0.1, 0.15) is 35.5 Å². The Labute approximate surface area is 212 Å². The maximum atomic E-state index is 12.9. The van der Waals surface area contributed by atoms with Crippen LogP contribution in [0.15, 0.2) is 60.2 Å². The number of halogens is 3. The zero-order valence-electron chi connectivity index (χ0n) is 18.2. The molecule has 3 aromatic carbocycles. The summed E-state index contributed by atoms with van der Waals surface area (Å²) in [5.41, 5.74) is 1.44. The van der Waals surface area contributed by atoms with Crippen molar-refractivity contribution >= 4 is 52.5 Å². The van der Waals surface area contributed by atoms with Crippen molar-refractivity contribution in [3.8, 4) is 23.3 Å². The summed E-state index contributed by atoms with van der Waals surface area (Å²) in [7, 11) is 2.89. The third-order valence-electron chi connectivity index (χ3n) is 4.70. The number of carbonyl (C=O) groups is 1. The second-order valence-corrected chi connectivity index (χ2v) is 8.12. The zero-order chi connectivity index (χ0) is 24.7. The number of carbonyl (C=O) groups excluding carboxylic acids is 1. The highest BCUT2D eigenvalue weighted by atomic mass is 35.5. The Morgan fingerprint density at radius 3 is 2.38 bits per heavy atom. The lowest BCUT2D eigenvalue weighted by Gasteiger charge is -2.13. The van der Waals surface area contributed by atoms with Gasteiger partial charge in [-0.25, -0.2) is 0 Å². The molecule has 0 aromatic heterocycles. The maximum Gasteiger partial charge on any atom is 0.266 e. The minimum Gasteiger partial charge on any atom is -0.495 e. The van der Waals surface area contributed by atoms with Crippen molar-refractivity contribution in [3.63, 3.8) is 0 Å². The van der Waals surface area contributed by atoms with E-state index in [1.165, 1.54) is 32.4 Å². The molecule has 34 heavy (non-hydrogen) atoms. The van der Waals surface area contributed by atoms with Crippen LogP contribution in [0, 0.1) is 11.3 Å². The predicted octanol–water partition coefficient (Wildman–Crippen LogP) is 6.79. The van der Waals surface area contributed by atoms with Gasteiger partial charge in [-0.3, -0.25) is 4.79 Å². The molecule has 6 nitrogen and oxygen atoms in total. The first-order valence-electron chi connectivity index (χ1n) is 9.86. The third-order valence-corrected chi connectivity index (χ3v) is 5.59. The Bertz CT molecular complexity index is 1290. The molecule has 1 N–H and O–H groups in total. The van der Waals surface area contributed by atoms with E-state index in [4.69, 9.17) is 49.0 Å². The smallest absolute Gasteiger partial charge is 0.266 e. The molecule has 0 saturated carbocycles. The quantitative estimate of drug-likeness (QED) is 0.263. The van der Waals surface area contributed by atoms with E-state index >= 15 is 0 Å². The van der Waals surface area contributed by atoms with Crippen LogP contribution in [-0.4, -0.2) is 20.1 Å². The molecule has 3 rings (SSSR count). The first-order valence-corrected chi connectivity index (χ1v) is 11.0. The van der Waals surface area contributed by atoms with E-state index < -0.39 is 5.91 Å². The molecule has 0 saturated heterocycles. The van der Waals surface area contributed by atoms with Gasteiger partial charge in [0.05, 0.1) is 24.9 Å². The van der Waals surface area contributed by atoms with Gasteiger partial charge in [0.25, 0.3) is 5.91 Å². The molecule has 0 atom stereocenters. The fraction of sp³-hybridized carbons (Fsp3) is 0.120. The molecule has 0 heterocycles. The van der Waals surface area contributed by atoms with Gasteiger partial charge in [-0.05, 0) is 24.3 Å². The van der Waals surface area contributed by atoms with Crippen molar-refractivity contribution in [2.75, 3.05) is 19.5 Å². The number of methoxy groups -OCH3 is 2. The second-order valence-electron chi connectivity index (χ2n) is 6.87. The molecule has 0 bridgehead atoms. The Kier molecular flexibility index (Phi) is 8.67. The van der Waals surface area contributed by atoms with Crippen LogP contribution in [0.2, 0.25) is 15.1 Å². The molecule has 0 aliphatic heterocycles. The Morgan fingerprint density at radius 1 is 0.971 bits per heavy atom. The van der Waals surface area contributed by atoms with E-state index in [9.17, 15) is 10.1 Å². The van der Waals surface area contributed by atoms with Crippen LogP contribution in [0.25, 0.3) is 6.08 Å². The van der Waals surface area contributed by atoms with Crippen molar-refractivity contribution in [2.24, 2.45) is 0 Å². The SMILES string of the molecule is COc1cc(NC(=O)/C(C#N)=C/c2ccccc2OCc2ccc(Cl)cc2Cl)c(OC)cc1Cl. The maximum absolute atomic E-state index is 12.9. The average Bonchev–Trinajstić information content (AvgIpc) is 2.83. The number of nitrogens with zero attached hydrogens (tertiary/aromatic N) is 1. The normalized spacial score (nSPS) is 10.9. The summed E-state index contributed by atoms with van der Waals surface area (Å²) in [6.45, 7) is 0.177. The Balaban J connectivity index is 1.84. The van der Waals surface area contributed by atoms with Crippen molar-refractivity contribution in [1.29, 1.82) is 5.26 Å². The molecule has 1 amide bonds. The molecule has 0 fully saturated rings. The van der Waals surface area contributed by atoms with E-state index in [0.29, 0.717) is 43.6 Å². The zero-order valence-corrected chi connectivity index (χ0v) is 20.5. The highest BCUT2D eigenvalue weighted by Crippen LogP contribution is 2.36. The highest BCUT2D eigenvalue weighted by molar-refractivity contribution is 6.35. The van der Waals surface area contributed by atoms with Crippen LogP contribution in [-0.2, 0) is 11.4 Å². The van der Waals surface area contributed by atoms with Crippen molar-refractivity contribution in [2.45, 2.75) is 6.61 Å². The summed E-state index contributed by atoms with van der Waals surface area (Å²) in [6.07, 6.45) is 1.44. The topological polar surface area (TPSA) is 80.6 Å². The van der Waals surface area contributed by atoms with Gasteiger partial charge in [0, 0.05) is 33.3 Å². The fourth-order valence-corrected chi connectivity index (χ4v) is 3.67. The average molecular weight is 518 g/mol. The summed E-state index contributed by atoms with van der Waals surface area (Å²) < 4.78 is 16.4. The first kappa shape index (κ1) is 25.3. The number of nitrogens with one attached hydrogen (secondary N) is 1. The van der Waals surface area contributed by atoms with Gasteiger partial charge in [0.2, 0.25) is 0 Å². The van der Waals surface area contributed by atoms with E-state index in [-0.39, 0.29) is 12.2 Å². The summed E-state index contributed by atoms with van der Waals surface area (Å²) in [4.78, 5) is 12.9. The lowest BCUT2D eigenvalue weighted by Crippen LogP contribution is -2.14. The summed E-state index contributed by atoms with van der Waals surface area (Å²) in [5, 5.41) is 13.6. The molecule has 9 heteroatoms. The molecule has 0 aliphatic rings. The number of hydrogen-bond donors (Lipinski definition) is 1. The van der Waals surface area contributed by atoms with Crippen LogP contribution in [0.4, 0.5) is 5.69 Å². The van der Waals surface area contributed by atoms with Crippen LogP contribution < -0.4 is 19.5 Å². The minimum atomic E-state index is -0.638. The van der Waals surface area contributed by atoms with Crippen molar-refractivity contribution < 1.29 is 19.0 Å². The van der Waals surface area contributed by atoms with Crippen molar-refractivity contribution in [1.82, 2.24) is 0 Å². The molecule has 174 valence electrons. The molecule has 3 aromatic rings. The highest BCUT2D eigenvalue weighted by Gasteiger charge is 2.16. The van der Waals surface area contributed by atoms with Crippen LogP contribution in [0.1, 0.15) is 11.1 Å². The van der Waals surface area contributed by atoms with E-state index in [2.05, 4.69) is 5.32 Å². The van der Waals surface area contributed by atoms with E-state index in [0.717, 1.165) is 5.56 Å². The largest absolute Gasteiger partial charge is 0.495 e. The molecular weight excluding hydrogens is 499 g/mol. The predicted molar refractivity (Wildman–Crippen MR) is 134 cm³/mol. The van der Waals surface area contributed by atoms with Gasteiger partial charge in [-0.1, -0.05) is 59.1 Å². The summed E-state index contributed by atoms with van der Waals surface area (Å²) in [5.74, 6) is 0.500. The van der Waals surface area contributed by atoms with Gasteiger partial charge < -0.3 is 19.5 Å². The minimum absolute atomic E-state index is 0.142. The molecule has 0 spiro atoms. The molecule has 0 aliphatic carbocycles. The monoisotopic (exact) mass is 516 g/mol. The number of amides is 1. The number of nitriles is 1. The van der Waals surface area contributed by atoms with E-state index in [1.54, 1.807) is 42.5 Å². The third kappa shape index (κ3) is 6.15. The van der Waals surface area contributed by atoms with Crippen LogP contribution in [0.5, 0.6) is 17.2 Å². The van der Waals surface area contributed by atoms with Gasteiger partial charge in [-0.2, -0.15) is 5.26 Å². The number of anilines is 1. The number of ether oxygens (including phenoxy) is 3. The van der Waals surface area contributed by atoms with Gasteiger partial charge >= 0.3 is 0 Å². The number of hydrogen-bond acceptors (Lipinski definition) is 5. The van der Waals surface area contributed by atoms with Crippen LogP contribution in [0.3, 0.4) is 0 Å². The lowest BCUT2D eigenvalue weighted by molar-refractivity contribution is -0.112. The standard InChI is InChI=1S/C25H19Cl3N2O4/c1-32-23-12-21(24(33-2)11-20(23)28)30-25(31)17(13-29)9-15-5-3-4-6-22(15)34-14-16-7-8-18(26)10-19(16)27/h3-12H,14H2,1-2H3,(H,30,31)/b17-9+. The Hall–Kier alpha value is -3.37. The summed E-state index contributed by atoms with van der Waals surface area (Å²) >= 11 is 18.3. The van der Waals surface area contributed by atoms with Gasteiger partial charge in [-0.15, -0.1) is 0 Å². The first-order chi connectivity index (χ1) is 16.4. The molecule has 0 unspecified atom stereocenters. The second kappa shape index (κ2) is 11.7. The Morgan fingerprint density at radius 2 is 1.71 bits per heavy atom. The fourth-order valence-electron chi connectivity index (χ4n) is 2.98. The number of benzene rings is 3. The number of para-hydroxylation sites is 1. The van der Waals surface area contributed by atoms with Crippen molar-refractivity contribution in [3.05, 3.63) is 86.4 Å². The molecular formula is C25H19Cl3N2O4.